The molecule has 0 N–H and O–H groups in total. The summed E-state index contributed by atoms with van der Waals surface area (Å²) in [7, 11) is 0. The van der Waals surface area contributed by atoms with E-state index in [2.05, 4.69) is 0 Å². The van der Waals surface area contributed by atoms with Crippen molar-refractivity contribution in [3.8, 4) is 0 Å². The predicted molar refractivity (Wildman–Crippen MR) is 73.8 cm³/mol. The highest BCUT2D eigenvalue weighted by Gasteiger charge is 2.37. The topological polar surface area (TPSA) is 0 Å². The van der Waals surface area contributed by atoms with Crippen LogP contribution in [0.3, 0.4) is 0 Å². The molecule has 0 nitrogen and oxygen atoms in total. The van der Waals surface area contributed by atoms with Crippen molar-refractivity contribution < 1.29 is 26.3 Å². The molecule has 0 fully saturated rings. The number of rotatable bonds is 1. The quantitative estimate of drug-likeness (QED) is 0.692. The van der Waals surface area contributed by atoms with Crippen LogP contribution < -0.4 is 10.4 Å². The molecule has 0 radical (unpaired) electrons. The summed E-state index contributed by atoms with van der Waals surface area (Å²) in [5, 5.41) is 1.59. The van der Waals surface area contributed by atoms with Gasteiger partial charge in [-0.2, -0.15) is 26.3 Å². The molecule has 3 rings (SSSR count). The molecule has 1 aliphatic carbocycles. The smallest absolute Gasteiger partial charge is 0.166 e. The standard InChI is InChI=1S/C17H10F6/c18-16(19,20)14-7-13(8-15(9-14)17(21,22)23)12-5-10-3-1-2-4-11(10)6-12/h1-9,12H. The van der Waals surface area contributed by atoms with Crippen LogP contribution in [0.1, 0.15) is 22.6 Å². The number of benzene rings is 2. The van der Waals surface area contributed by atoms with E-state index in [9.17, 15) is 26.3 Å². The van der Waals surface area contributed by atoms with Crippen LogP contribution in [0.15, 0.2) is 42.5 Å². The summed E-state index contributed by atoms with van der Waals surface area (Å²) >= 11 is 0. The molecule has 0 amide bonds. The third-order valence-corrected chi connectivity index (χ3v) is 3.71. The largest absolute Gasteiger partial charge is 0.416 e. The van der Waals surface area contributed by atoms with Crippen LogP contribution >= 0.6 is 0 Å². The van der Waals surface area contributed by atoms with E-state index in [4.69, 9.17) is 0 Å². The van der Waals surface area contributed by atoms with Gasteiger partial charge < -0.3 is 0 Å². The number of halogens is 6. The van der Waals surface area contributed by atoms with E-state index in [1.54, 1.807) is 36.4 Å². The van der Waals surface area contributed by atoms with Gasteiger partial charge in [0.15, 0.2) is 0 Å². The Bertz CT molecular complexity index is 791. The van der Waals surface area contributed by atoms with Gasteiger partial charge in [0.25, 0.3) is 0 Å². The summed E-state index contributed by atoms with van der Waals surface area (Å²) in [6.07, 6.45) is -6.35. The van der Waals surface area contributed by atoms with Gasteiger partial charge in [0.05, 0.1) is 11.1 Å². The third-order valence-electron chi connectivity index (χ3n) is 3.71. The van der Waals surface area contributed by atoms with Gasteiger partial charge in [-0.15, -0.1) is 0 Å². The molecule has 0 atom stereocenters. The minimum absolute atomic E-state index is 0.0247. The minimum Gasteiger partial charge on any atom is -0.166 e. The first-order chi connectivity index (χ1) is 10.6. The fourth-order valence-corrected chi connectivity index (χ4v) is 2.61. The first-order valence-electron chi connectivity index (χ1n) is 6.73. The monoisotopic (exact) mass is 328 g/mol. The Morgan fingerprint density at radius 3 is 1.48 bits per heavy atom. The second-order valence-electron chi connectivity index (χ2n) is 5.33. The van der Waals surface area contributed by atoms with Gasteiger partial charge >= 0.3 is 12.4 Å². The molecule has 0 heterocycles. The zero-order chi connectivity index (χ0) is 16.8. The van der Waals surface area contributed by atoms with Crippen LogP contribution in [-0.2, 0) is 12.4 Å². The summed E-state index contributed by atoms with van der Waals surface area (Å²) < 4.78 is 77.4. The molecule has 0 saturated heterocycles. The lowest BCUT2D eigenvalue weighted by Gasteiger charge is -2.16. The lowest BCUT2D eigenvalue weighted by Crippen LogP contribution is -2.19. The van der Waals surface area contributed by atoms with E-state index in [1.807, 2.05) is 0 Å². The van der Waals surface area contributed by atoms with Crippen LogP contribution in [0.2, 0.25) is 0 Å². The summed E-state index contributed by atoms with van der Waals surface area (Å²) in [5.74, 6) is -0.615. The Kier molecular flexibility index (Phi) is 3.50. The second-order valence-corrected chi connectivity index (χ2v) is 5.33. The van der Waals surface area contributed by atoms with Crippen molar-refractivity contribution in [2.75, 3.05) is 0 Å². The van der Waals surface area contributed by atoms with Crippen LogP contribution in [0.5, 0.6) is 0 Å². The maximum atomic E-state index is 12.9. The van der Waals surface area contributed by atoms with Gasteiger partial charge in [0.2, 0.25) is 0 Å². The van der Waals surface area contributed by atoms with Crippen molar-refractivity contribution in [2.45, 2.75) is 18.3 Å². The highest BCUT2D eigenvalue weighted by atomic mass is 19.4. The zero-order valence-electron chi connectivity index (χ0n) is 11.5. The fraction of sp³-hybridized carbons (Fsp3) is 0.176. The molecule has 1 aliphatic rings. The second kappa shape index (κ2) is 5.15. The van der Waals surface area contributed by atoms with Crippen molar-refractivity contribution in [3.63, 3.8) is 0 Å². The molecule has 0 bridgehead atoms. The SMILES string of the molecule is FC(F)(F)c1cc(C2C=c3ccccc3=C2)cc(C(F)(F)F)c1. The molecule has 2 aromatic rings. The Morgan fingerprint density at radius 1 is 0.652 bits per heavy atom. The lowest BCUT2D eigenvalue weighted by molar-refractivity contribution is -0.143. The van der Waals surface area contributed by atoms with Gasteiger partial charge in [-0.3, -0.25) is 0 Å². The van der Waals surface area contributed by atoms with Crippen LogP contribution in [0, 0.1) is 0 Å². The first-order valence-corrected chi connectivity index (χ1v) is 6.73. The van der Waals surface area contributed by atoms with E-state index in [0.29, 0.717) is 0 Å². The summed E-state index contributed by atoms with van der Waals surface area (Å²) in [4.78, 5) is 0. The average molecular weight is 328 g/mol. The molecule has 0 unspecified atom stereocenters. The Morgan fingerprint density at radius 2 is 1.09 bits per heavy atom. The molecule has 120 valence electrons. The Balaban J connectivity index is 2.15. The molecule has 0 aromatic heterocycles. The summed E-state index contributed by atoms with van der Waals surface area (Å²) in [6, 6.07) is 8.76. The van der Waals surface area contributed by atoms with E-state index < -0.39 is 29.4 Å². The van der Waals surface area contributed by atoms with Crippen molar-refractivity contribution >= 4 is 12.2 Å². The van der Waals surface area contributed by atoms with Gasteiger partial charge in [-0.05, 0) is 34.2 Å². The number of fused-ring (bicyclic) bond motifs is 1. The number of alkyl halides is 6. The molecule has 23 heavy (non-hydrogen) atoms. The highest BCUT2D eigenvalue weighted by molar-refractivity contribution is 5.61. The van der Waals surface area contributed by atoms with E-state index in [0.717, 1.165) is 22.6 Å². The molecular weight excluding hydrogens is 318 g/mol. The summed E-state index contributed by atoms with van der Waals surface area (Å²) in [6.45, 7) is 0. The highest BCUT2D eigenvalue weighted by Crippen LogP contribution is 2.38. The van der Waals surface area contributed by atoms with Gasteiger partial charge in [-0.25, -0.2) is 0 Å². The van der Waals surface area contributed by atoms with Gasteiger partial charge in [0, 0.05) is 5.92 Å². The minimum atomic E-state index is -4.83. The number of hydrogen-bond donors (Lipinski definition) is 0. The van der Waals surface area contributed by atoms with Crippen molar-refractivity contribution in [1.29, 1.82) is 0 Å². The molecular formula is C17H10F6. The zero-order valence-corrected chi connectivity index (χ0v) is 11.5. The van der Waals surface area contributed by atoms with Crippen molar-refractivity contribution in [1.82, 2.24) is 0 Å². The maximum Gasteiger partial charge on any atom is 0.416 e. The van der Waals surface area contributed by atoms with E-state index >= 15 is 0 Å². The fourth-order valence-electron chi connectivity index (χ4n) is 2.61. The van der Waals surface area contributed by atoms with Gasteiger partial charge in [-0.1, -0.05) is 36.4 Å². The Hall–Kier alpha value is -2.24. The predicted octanol–water partition coefficient (Wildman–Crippen LogP) is 4.08. The van der Waals surface area contributed by atoms with Gasteiger partial charge in [0.1, 0.15) is 0 Å². The normalized spacial score (nSPS) is 15.0. The first kappa shape index (κ1) is 15.6. The van der Waals surface area contributed by atoms with Crippen molar-refractivity contribution in [3.05, 3.63) is 69.6 Å². The average Bonchev–Trinajstić information content (AvgIpc) is 2.89. The molecule has 0 spiro atoms. The molecule has 2 aromatic carbocycles. The lowest BCUT2D eigenvalue weighted by atomic mass is 9.95. The molecule has 6 heteroatoms. The van der Waals surface area contributed by atoms with Crippen LogP contribution in [0.25, 0.3) is 12.2 Å². The third kappa shape index (κ3) is 3.11. The van der Waals surface area contributed by atoms with Crippen LogP contribution in [-0.4, -0.2) is 0 Å². The van der Waals surface area contributed by atoms with E-state index in [1.165, 1.54) is 0 Å². The van der Waals surface area contributed by atoms with Crippen LogP contribution in [0.4, 0.5) is 26.3 Å². The maximum absolute atomic E-state index is 12.9. The van der Waals surface area contributed by atoms with E-state index in [-0.39, 0.29) is 11.6 Å². The number of hydrogen-bond acceptors (Lipinski definition) is 0. The molecule has 0 aliphatic heterocycles. The Labute approximate surface area is 127 Å². The molecule has 0 saturated carbocycles. The summed E-state index contributed by atoms with van der Waals surface area (Å²) in [5.41, 5.74) is -2.61. The van der Waals surface area contributed by atoms with Crippen molar-refractivity contribution in [2.24, 2.45) is 0 Å².